The first-order valence-corrected chi connectivity index (χ1v) is 5.56. The zero-order valence-electron chi connectivity index (χ0n) is 10.0. The van der Waals surface area contributed by atoms with E-state index in [-0.39, 0.29) is 0 Å². The molecule has 0 atom stereocenters. The van der Waals surface area contributed by atoms with Gasteiger partial charge in [0.1, 0.15) is 0 Å². The summed E-state index contributed by atoms with van der Waals surface area (Å²) in [6.07, 6.45) is 6.62. The number of nitrogens with zero attached hydrogens (tertiary/aromatic N) is 2. The van der Waals surface area contributed by atoms with Crippen LogP contribution >= 0.6 is 0 Å². The summed E-state index contributed by atoms with van der Waals surface area (Å²) < 4.78 is 0.743. The predicted molar refractivity (Wildman–Crippen MR) is 60.4 cm³/mol. The van der Waals surface area contributed by atoms with Gasteiger partial charge in [-0.1, -0.05) is 6.42 Å². The average Bonchev–Trinajstić information content (AvgIpc) is 2.18. The number of hydrogen-bond donors (Lipinski definition) is 1. The molecule has 1 N–H and O–H groups in total. The number of rotatable bonds is 1. The average molecular weight is 198 g/mol. The molecule has 3 heteroatoms. The Morgan fingerprint density at radius 3 is 2.07 bits per heavy atom. The van der Waals surface area contributed by atoms with Crippen LogP contribution in [0.5, 0.6) is 0 Å². The fourth-order valence-corrected chi connectivity index (χ4v) is 2.41. The van der Waals surface area contributed by atoms with Crippen molar-refractivity contribution in [2.75, 3.05) is 28.2 Å². The Morgan fingerprint density at radius 2 is 1.64 bits per heavy atom. The smallest absolute Gasteiger partial charge is 0.296 e. The van der Waals surface area contributed by atoms with Gasteiger partial charge in [0, 0.05) is 14.1 Å². The van der Waals surface area contributed by atoms with E-state index in [2.05, 4.69) is 14.1 Å². The zero-order valence-corrected chi connectivity index (χ0v) is 10.0. The molecule has 0 aliphatic heterocycles. The van der Waals surface area contributed by atoms with Crippen molar-refractivity contribution in [3.05, 3.63) is 0 Å². The van der Waals surface area contributed by atoms with E-state index in [0.29, 0.717) is 6.04 Å². The molecular formula is C11H24N3+. The molecule has 0 spiro atoms. The normalized spacial score (nSPS) is 19.4. The highest BCUT2D eigenvalue weighted by Crippen LogP contribution is 2.26. The lowest BCUT2D eigenvalue weighted by molar-refractivity contribution is -0.835. The van der Waals surface area contributed by atoms with Gasteiger partial charge in [0.25, 0.3) is 5.96 Å². The van der Waals surface area contributed by atoms with Crippen LogP contribution in [0.2, 0.25) is 0 Å². The molecule has 0 aromatic heterocycles. The van der Waals surface area contributed by atoms with Crippen molar-refractivity contribution >= 4 is 5.96 Å². The van der Waals surface area contributed by atoms with Gasteiger partial charge in [-0.15, -0.1) is 0 Å². The molecule has 3 nitrogen and oxygen atoms in total. The predicted octanol–water partition coefficient (Wildman–Crippen LogP) is 1.89. The van der Waals surface area contributed by atoms with E-state index in [1.807, 2.05) is 19.0 Å². The highest BCUT2D eigenvalue weighted by Gasteiger charge is 2.35. The van der Waals surface area contributed by atoms with Crippen molar-refractivity contribution in [3.8, 4) is 0 Å². The van der Waals surface area contributed by atoms with E-state index in [0.717, 1.165) is 10.4 Å². The summed E-state index contributed by atoms with van der Waals surface area (Å²) in [4.78, 5) is 1.93. The summed E-state index contributed by atoms with van der Waals surface area (Å²) in [6.45, 7) is 0. The first-order valence-electron chi connectivity index (χ1n) is 5.56. The van der Waals surface area contributed by atoms with Gasteiger partial charge in [-0.05, 0) is 25.7 Å². The summed E-state index contributed by atoms with van der Waals surface area (Å²) in [5.74, 6) is 0.719. The SMILES string of the molecule is CN(C)C(=N)[N+](C)(C)C1CCCCC1. The Morgan fingerprint density at radius 1 is 1.14 bits per heavy atom. The first kappa shape index (κ1) is 11.5. The molecular weight excluding hydrogens is 174 g/mol. The third kappa shape index (κ3) is 2.27. The Labute approximate surface area is 87.8 Å². The molecule has 0 bridgehead atoms. The maximum absolute atomic E-state index is 8.08. The third-order valence-electron chi connectivity index (χ3n) is 3.46. The van der Waals surface area contributed by atoms with E-state index in [1.165, 1.54) is 32.1 Å². The van der Waals surface area contributed by atoms with Crippen LogP contribution in [0, 0.1) is 5.41 Å². The van der Waals surface area contributed by atoms with Crippen molar-refractivity contribution in [1.29, 1.82) is 5.41 Å². The Bertz CT molecular complexity index is 203. The second kappa shape index (κ2) is 4.30. The second-order valence-corrected chi connectivity index (χ2v) is 5.05. The fourth-order valence-electron chi connectivity index (χ4n) is 2.41. The van der Waals surface area contributed by atoms with Gasteiger partial charge >= 0.3 is 0 Å². The molecule has 1 saturated carbocycles. The molecule has 0 saturated heterocycles. The minimum absolute atomic E-state index is 0.652. The Kier molecular flexibility index (Phi) is 3.53. The van der Waals surface area contributed by atoms with Crippen LogP contribution < -0.4 is 0 Å². The topological polar surface area (TPSA) is 27.1 Å². The van der Waals surface area contributed by atoms with E-state index in [1.54, 1.807) is 0 Å². The summed E-state index contributed by atoms with van der Waals surface area (Å²) in [7, 11) is 8.26. The quantitative estimate of drug-likeness (QED) is 0.389. The third-order valence-corrected chi connectivity index (χ3v) is 3.46. The Balaban J connectivity index is 2.66. The molecule has 0 unspecified atom stereocenters. The summed E-state index contributed by atoms with van der Waals surface area (Å²) >= 11 is 0. The molecule has 1 rings (SSSR count). The minimum atomic E-state index is 0.652. The largest absolute Gasteiger partial charge is 0.318 e. The number of hydrogen-bond acceptors (Lipinski definition) is 1. The molecule has 1 fully saturated rings. The molecule has 0 aromatic rings. The van der Waals surface area contributed by atoms with E-state index < -0.39 is 0 Å². The lowest BCUT2D eigenvalue weighted by Gasteiger charge is -2.40. The van der Waals surface area contributed by atoms with Gasteiger partial charge < -0.3 is 4.90 Å². The maximum atomic E-state index is 8.08. The van der Waals surface area contributed by atoms with Crippen LogP contribution in [-0.4, -0.2) is 49.6 Å². The van der Waals surface area contributed by atoms with Gasteiger partial charge in [-0.3, -0.25) is 4.48 Å². The van der Waals surface area contributed by atoms with E-state index in [9.17, 15) is 0 Å². The van der Waals surface area contributed by atoms with Crippen LogP contribution in [0.3, 0.4) is 0 Å². The van der Waals surface area contributed by atoms with Crippen molar-refractivity contribution < 1.29 is 4.48 Å². The number of nitrogens with one attached hydrogen (secondary N) is 1. The number of guanidine groups is 1. The standard InChI is InChI=1S/C11H24N3/c1-13(2)11(12)14(3,4)10-8-6-5-7-9-10/h10,12H,5-9H2,1-4H3/q+1. The molecule has 1 aliphatic carbocycles. The summed E-state index contributed by atoms with van der Waals surface area (Å²) in [6, 6.07) is 0.652. The lowest BCUT2D eigenvalue weighted by atomic mass is 9.93. The second-order valence-electron chi connectivity index (χ2n) is 5.05. The molecule has 14 heavy (non-hydrogen) atoms. The monoisotopic (exact) mass is 198 g/mol. The minimum Gasteiger partial charge on any atom is -0.318 e. The highest BCUT2D eigenvalue weighted by molar-refractivity contribution is 5.69. The maximum Gasteiger partial charge on any atom is 0.296 e. The van der Waals surface area contributed by atoms with E-state index >= 15 is 0 Å². The van der Waals surface area contributed by atoms with Crippen molar-refractivity contribution in [2.45, 2.75) is 38.1 Å². The van der Waals surface area contributed by atoms with Crippen LogP contribution in [0.25, 0.3) is 0 Å². The van der Waals surface area contributed by atoms with Crippen molar-refractivity contribution in [3.63, 3.8) is 0 Å². The fraction of sp³-hybridized carbons (Fsp3) is 0.909. The van der Waals surface area contributed by atoms with Gasteiger partial charge in [-0.25, -0.2) is 5.41 Å². The Hall–Kier alpha value is -0.570. The molecule has 0 amide bonds. The van der Waals surface area contributed by atoms with Crippen LogP contribution in [-0.2, 0) is 0 Å². The van der Waals surface area contributed by atoms with Crippen LogP contribution in [0.1, 0.15) is 32.1 Å². The first-order chi connectivity index (χ1) is 6.46. The van der Waals surface area contributed by atoms with Crippen molar-refractivity contribution in [2.24, 2.45) is 0 Å². The van der Waals surface area contributed by atoms with Gasteiger partial charge in [-0.2, -0.15) is 0 Å². The highest BCUT2D eigenvalue weighted by atomic mass is 15.5. The molecule has 82 valence electrons. The van der Waals surface area contributed by atoms with E-state index in [4.69, 9.17) is 5.41 Å². The molecule has 0 radical (unpaired) electrons. The number of quaternary nitrogens is 1. The van der Waals surface area contributed by atoms with Crippen molar-refractivity contribution in [1.82, 2.24) is 4.90 Å². The summed E-state index contributed by atoms with van der Waals surface area (Å²) in [5.41, 5.74) is 0. The van der Waals surface area contributed by atoms with Crippen LogP contribution in [0.4, 0.5) is 0 Å². The molecule has 0 aromatic carbocycles. The van der Waals surface area contributed by atoms with Gasteiger partial charge in [0.2, 0.25) is 0 Å². The molecule has 1 aliphatic rings. The summed E-state index contributed by atoms with van der Waals surface area (Å²) in [5, 5.41) is 8.08. The van der Waals surface area contributed by atoms with Crippen LogP contribution in [0.15, 0.2) is 0 Å². The van der Waals surface area contributed by atoms with Gasteiger partial charge in [0.15, 0.2) is 0 Å². The lowest BCUT2D eigenvalue weighted by Crippen LogP contribution is -2.57. The zero-order chi connectivity index (χ0) is 10.8. The van der Waals surface area contributed by atoms with Gasteiger partial charge in [0.05, 0.1) is 20.1 Å². The molecule has 0 heterocycles.